The van der Waals surface area contributed by atoms with Crippen LogP contribution in [0.4, 0.5) is 17.1 Å². The first-order valence-corrected chi connectivity index (χ1v) is 8.66. The maximum Gasteiger partial charge on any atom is 0.221 e. The van der Waals surface area contributed by atoms with E-state index < -0.39 is 0 Å². The molecule has 0 saturated heterocycles. The van der Waals surface area contributed by atoms with Crippen LogP contribution in [-0.2, 0) is 4.79 Å². The van der Waals surface area contributed by atoms with Crippen molar-refractivity contribution in [3.8, 4) is 24.2 Å². The molecule has 0 aliphatic heterocycles. The summed E-state index contributed by atoms with van der Waals surface area (Å²) in [5.74, 6) is 2.88. The van der Waals surface area contributed by atoms with Crippen LogP contribution in [0.2, 0.25) is 0 Å². The van der Waals surface area contributed by atoms with Gasteiger partial charge < -0.3 is 15.4 Å². The fraction of sp³-hybridized carbons (Fsp3) is 0.136. The molecule has 28 heavy (non-hydrogen) atoms. The number of nitrogens with one attached hydrogen (secondary N) is 2. The first kappa shape index (κ1) is 18.8. The van der Waals surface area contributed by atoms with Gasteiger partial charge in [-0.1, -0.05) is 12.0 Å². The van der Waals surface area contributed by atoms with Crippen molar-refractivity contribution in [3.05, 3.63) is 53.7 Å². The Morgan fingerprint density at radius 1 is 1.32 bits per heavy atom. The Morgan fingerprint density at radius 3 is 2.82 bits per heavy atom. The average Bonchev–Trinajstić information content (AvgIpc) is 2.69. The van der Waals surface area contributed by atoms with Gasteiger partial charge in [-0.25, -0.2) is 0 Å². The molecule has 2 N–H and O–H groups in total. The third-order valence-electron chi connectivity index (χ3n) is 4.00. The van der Waals surface area contributed by atoms with Crippen molar-refractivity contribution in [2.24, 2.45) is 0 Å². The zero-order valence-corrected chi connectivity index (χ0v) is 15.5. The Bertz CT molecular complexity index is 1140. The zero-order chi connectivity index (χ0) is 20.1. The van der Waals surface area contributed by atoms with Gasteiger partial charge in [0.25, 0.3) is 0 Å². The minimum absolute atomic E-state index is 0.221. The van der Waals surface area contributed by atoms with Crippen molar-refractivity contribution in [3.63, 3.8) is 0 Å². The van der Waals surface area contributed by atoms with E-state index in [4.69, 9.17) is 11.2 Å². The van der Waals surface area contributed by atoms with Gasteiger partial charge in [0, 0.05) is 35.8 Å². The van der Waals surface area contributed by atoms with Gasteiger partial charge in [-0.05, 0) is 31.2 Å². The summed E-state index contributed by atoms with van der Waals surface area (Å²) >= 11 is 0. The van der Waals surface area contributed by atoms with Gasteiger partial charge in [0.2, 0.25) is 5.91 Å². The van der Waals surface area contributed by atoms with Crippen LogP contribution in [0.3, 0.4) is 0 Å². The van der Waals surface area contributed by atoms with Crippen LogP contribution in [0.25, 0.3) is 10.9 Å². The second-order valence-electron chi connectivity index (χ2n) is 5.99. The van der Waals surface area contributed by atoms with E-state index in [-0.39, 0.29) is 5.91 Å². The largest absolute Gasteiger partial charge is 0.492 e. The molecule has 0 spiro atoms. The van der Waals surface area contributed by atoms with E-state index >= 15 is 0 Å². The van der Waals surface area contributed by atoms with Crippen molar-refractivity contribution in [1.29, 1.82) is 5.26 Å². The lowest BCUT2D eigenvalue weighted by Crippen LogP contribution is -2.08. The van der Waals surface area contributed by atoms with Crippen molar-refractivity contribution in [2.45, 2.75) is 13.8 Å². The van der Waals surface area contributed by atoms with E-state index in [1.807, 2.05) is 31.2 Å². The normalized spacial score (nSPS) is 10.0. The summed E-state index contributed by atoms with van der Waals surface area (Å²) in [5.41, 5.74) is 3.56. The first-order chi connectivity index (χ1) is 13.5. The van der Waals surface area contributed by atoms with E-state index in [0.717, 1.165) is 11.3 Å². The number of carbonyl (C=O) groups is 1. The third kappa shape index (κ3) is 3.87. The number of nitriles is 1. The molecule has 0 atom stereocenters. The van der Waals surface area contributed by atoms with Crippen molar-refractivity contribution in [2.75, 3.05) is 17.2 Å². The van der Waals surface area contributed by atoms with E-state index in [2.05, 4.69) is 27.6 Å². The number of aromatic nitrogens is 1. The third-order valence-corrected chi connectivity index (χ3v) is 4.00. The fourth-order valence-corrected chi connectivity index (χ4v) is 2.83. The number of anilines is 3. The number of hydrogen-bond acceptors (Lipinski definition) is 5. The molecule has 0 unspecified atom stereocenters. The number of terminal acetylenes is 1. The number of nitrogens with zero attached hydrogens (tertiary/aromatic N) is 2. The van der Waals surface area contributed by atoms with Crippen LogP contribution in [0.1, 0.15) is 25.0 Å². The van der Waals surface area contributed by atoms with Gasteiger partial charge >= 0.3 is 0 Å². The topological polar surface area (TPSA) is 87.0 Å². The Hall–Kier alpha value is -4.03. The maximum absolute atomic E-state index is 11.6. The second kappa shape index (κ2) is 8.11. The van der Waals surface area contributed by atoms with E-state index in [1.54, 1.807) is 12.1 Å². The SMILES string of the molecule is C#Cc1cccc(Nc2c(C#N)cnc3cc(OCC)c(NC(C)=O)cc23)c1. The number of benzene rings is 2. The van der Waals surface area contributed by atoms with Gasteiger partial charge in [-0.3, -0.25) is 9.78 Å². The van der Waals surface area contributed by atoms with Gasteiger partial charge in [0.05, 0.1) is 29.1 Å². The van der Waals surface area contributed by atoms with Gasteiger partial charge in [0.15, 0.2) is 0 Å². The molecule has 2 aromatic carbocycles. The van der Waals surface area contributed by atoms with Gasteiger partial charge in [0.1, 0.15) is 11.8 Å². The second-order valence-corrected chi connectivity index (χ2v) is 5.99. The minimum atomic E-state index is -0.221. The molecule has 3 aromatic rings. The number of ether oxygens (including phenoxy) is 1. The molecular formula is C22H18N4O2. The highest BCUT2D eigenvalue weighted by Gasteiger charge is 2.14. The summed E-state index contributed by atoms with van der Waals surface area (Å²) in [5, 5.41) is 16.3. The minimum Gasteiger partial charge on any atom is -0.492 e. The zero-order valence-electron chi connectivity index (χ0n) is 15.5. The molecule has 0 saturated carbocycles. The molecule has 6 nitrogen and oxygen atoms in total. The standard InChI is InChI=1S/C22H18N4O2/c1-4-15-7-6-8-17(9-15)26-22-16(12-23)13-24-19-11-21(28-5-2)20(10-18(19)22)25-14(3)27/h1,6-11,13H,5H2,2-3H3,(H,24,26)(H,25,27). The highest BCUT2D eigenvalue weighted by Crippen LogP contribution is 2.36. The summed E-state index contributed by atoms with van der Waals surface area (Å²) in [4.78, 5) is 16.0. The quantitative estimate of drug-likeness (QED) is 0.658. The average molecular weight is 370 g/mol. The first-order valence-electron chi connectivity index (χ1n) is 8.66. The van der Waals surface area contributed by atoms with Crippen LogP contribution < -0.4 is 15.4 Å². The van der Waals surface area contributed by atoms with Crippen LogP contribution in [0.5, 0.6) is 5.75 Å². The lowest BCUT2D eigenvalue weighted by atomic mass is 10.1. The Labute approximate surface area is 163 Å². The number of fused-ring (bicyclic) bond motifs is 1. The summed E-state index contributed by atoms with van der Waals surface area (Å²) in [7, 11) is 0. The van der Waals surface area contributed by atoms with Gasteiger partial charge in [-0.15, -0.1) is 6.42 Å². The number of amides is 1. The lowest BCUT2D eigenvalue weighted by molar-refractivity contribution is -0.114. The molecule has 0 bridgehead atoms. The number of carbonyl (C=O) groups excluding carboxylic acids is 1. The predicted octanol–water partition coefficient (Wildman–Crippen LogP) is 4.19. The van der Waals surface area contributed by atoms with Crippen LogP contribution in [-0.4, -0.2) is 17.5 Å². The number of pyridine rings is 1. The maximum atomic E-state index is 11.6. The molecule has 6 heteroatoms. The summed E-state index contributed by atoms with van der Waals surface area (Å²) in [6.07, 6.45) is 6.98. The van der Waals surface area contributed by atoms with Crippen LogP contribution in [0, 0.1) is 23.7 Å². The molecule has 0 aliphatic rings. The Kier molecular flexibility index (Phi) is 5.43. The van der Waals surface area contributed by atoms with E-state index in [9.17, 15) is 10.1 Å². The molecule has 1 amide bonds. The highest BCUT2D eigenvalue weighted by atomic mass is 16.5. The number of rotatable bonds is 5. The summed E-state index contributed by atoms with van der Waals surface area (Å²) < 4.78 is 5.63. The summed E-state index contributed by atoms with van der Waals surface area (Å²) in [6.45, 7) is 3.73. The molecule has 0 fully saturated rings. The molecule has 1 heterocycles. The molecule has 1 aromatic heterocycles. The van der Waals surface area contributed by atoms with E-state index in [0.29, 0.717) is 40.2 Å². The van der Waals surface area contributed by atoms with Crippen LogP contribution >= 0.6 is 0 Å². The van der Waals surface area contributed by atoms with Crippen molar-refractivity contribution >= 4 is 33.9 Å². The molecule has 3 rings (SSSR count). The summed E-state index contributed by atoms with van der Waals surface area (Å²) in [6, 6.07) is 13.0. The molecule has 0 radical (unpaired) electrons. The van der Waals surface area contributed by atoms with Crippen molar-refractivity contribution in [1.82, 2.24) is 4.98 Å². The number of hydrogen-bond donors (Lipinski definition) is 2. The van der Waals surface area contributed by atoms with Crippen molar-refractivity contribution < 1.29 is 9.53 Å². The highest BCUT2D eigenvalue weighted by molar-refractivity contribution is 6.01. The Balaban J connectivity index is 2.20. The smallest absolute Gasteiger partial charge is 0.221 e. The fourth-order valence-electron chi connectivity index (χ4n) is 2.83. The lowest BCUT2D eigenvalue weighted by Gasteiger charge is -2.16. The molecule has 138 valence electrons. The molecule has 0 aliphatic carbocycles. The van der Waals surface area contributed by atoms with Gasteiger partial charge in [-0.2, -0.15) is 5.26 Å². The Morgan fingerprint density at radius 2 is 2.14 bits per heavy atom. The van der Waals surface area contributed by atoms with E-state index in [1.165, 1.54) is 13.1 Å². The monoisotopic (exact) mass is 370 g/mol. The molecular weight excluding hydrogens is 352 g/mol. The predicted molar refractivity (Wildman–Crippen MR) is 110 cm³/mol. The van der Waals surface area contributed by atoms with Crippen LogP contribution in [0.15, 0.2) is 42.6 Å².